The Morgan fingerprint density at radius 2 is 1.83 bits per heavy atom. The van der Waals surface area contributed by atoms with Crippen molar-refractivity contribution in [1.82, 2.24) is 0 Å². The van der Waals surface area contributed by atoms with Crippen molar-refractivity contribution in [1.29, 1.82) is 0 Å². The molecule has 0 aliphatic carbocycles. The van der Waals surface area contributed by atoms with E-state index in [4.69, 9.17) is 10.5 Å². The minimum absolute atomic E-state index is 0.152. The molecule has 3 heteroatoms. The number of nitrogen functional groups attached to an aromatic ring is 1. The molecule has 2 unspecified atom stereocenters. The molecule has 2 atom stereocenters. The highest BCUT2D eigenvalue weighted by atomic mass is 16.5. The molecule has 1 saturated heterocycles. The number of anilines is 2. The van der Waals surface area contributed by atoms with Crippen LogP contribution in [0.25, 0.3) is 0 Å². The number of benzene rings is 1. The molecular weight excluding hydrogens is 224 g/mol. The van der Waals surface area contributed by atoms with Gasteiger partial charge in [-0.2, -0.15) is 0 Å². The topological polar surface area (TPSA) is 38.5 Å². The largest absolute Gasteiger partial charge is 0.489 e. The molecule has 1 aromatic rings. The van der Waals surface area contributed by atoms with Crippen LogP contribution in [0, 0.1) is 11.8 Å². The van der Waals surface area contributed by atoms with E-state index in [9.17, 15) is 0 Å². The molecule has 0 saturated carbocycles. The van der Waals surface area contributed by atoms with E-state index in [1.165, 1.54) is 5.69 Å². The zero-order chi connectivity index (χ0) is 13.3. The monoisotopic (exact) mass is 248 g/mol. The lowest BCUT2D eigenvalue weighted by atomic mass is 10.0. The van der Waals surface area contributed by atoms with Gasteiger partial charge >= 0.3 is 0 Å². The summed E-state index contributed by atoms with van der Waals surface area (Å²) in [6.07, 6.45) is 0.152. The fourth-order valence-electron chi connectivity index (χ4n) is 2.42. The maximum absolute atomic E-state index is 5.95. The fourth-order valence-corrected chi connectivity index (χ4v) is 2.42. The highest BCUT2D eigenvalue weighted by molar-refractivity contribution is 5.62. The SMILES string of the molecule is CC(C)Oc1cc(N2CC(C)C(C)C2)ccc1N. The first kappa shape index (κ1) is 13.1. The maximum atomic E-state index is 5.95. The molecular formula is C15H24N2O. The van der Waals surface area contributed by atoms with Crippen molar-refractivity contribution in [3.05, 3.63) is 18.2 Å². The zero-order valence-electron chi connectivity index (χ0n) is 11.8. The van der Waals surface area contributed by atoms with Crippen LogP contribution in [0.15, 0.2) is 18.2 Å². The van der Waals surface area contributed by atoms with Gasteiger partial charge in [0.15, 0.2) is 0 Å². The summed E-state index contributed by atoms with van der Waals surface area (Å²) in [6, 6.07) is 6.11. The summed E-state index contributed by atoms with van der Waals surface area (Å²) in [5.41, 5.74) is 7.88. The molecule has 1 aromatic carbocycles. The Kier molecular flexibility index (Phi) is 3.69. The van der Waals surface area contributed by atoms with E-state index in [2.05, 4.69) is 30.9 Å². The molecule has 100 valence electrons. The molecule has 2 N–H and O–H groups in total. The fraction of sp³-hybridized carbons (Fsp3) is 0.600. The van der Waals surface area contributed by atoms with E-state index in [0.29, 0.717) is 5.69 Å². The molecule has 18 heavy (non-hydrogen) atoms. The summed E-state index contributed by atoms with van der Waals surface area (Å²) >= 11 is 0. The van der Waals surface area contributed by atoms with E-state index in [-0.39, 0.29) is 6.10 Å². The van der Waals surface area contributed by atoms with Gasteiger partial charge in [0, 0.05) is 24.8 Å². The van der Waals surface area contributed by atoms with Gasteiger partial charge in [0.2, 0.25) is 0 Å². The second-order valence-electron chi connectivity index (χ2n) is 5.75. The van der Waals surface area contributed by atoms with Gasteiger partial charge in [-0.1, -0.05) is 13.8 Å². The average Bonchev–Trinajstić information content (AvgIpc) is 2.62. The van der Waals surface area contributed by atoms with Crippen LogP contribution in [-0.4, -0.2) is 19.2 Å². The Morgan fingerprint density at radius 3 is 2.39 bits per heavy atom. The highest BCUT2D eigenvalue weighted by Crippen LogP contribution is 2.33. The first-order chi connectivity index (χ1) is 8.47. The Labute approximate surface area is 110 Å². The molecule has 1 aliphatic rings. The quantitative estimate of drug-likeness (QED) is 0.835. The van der Waals surface area contributed by atoms with Crippen molar-refractivity contribution in [3.63, 3.8) is 0 Å². The van der Waals surface area contributed by atoms with E-state index in [1.54, 1.807) is 0 Å². The van der Waals surface area contributed by atoms with Crippen molar-refractivity contribution >= 4 is 11.4 Å². The number of nitrogens with two attached hydrogens (primary N) is 1. The second kappa shape index (κ2) is 5.09. The minimum atomic E-state index is 0.152. The number of ether oxygens (including phenoxy) is 1. The van der Waals surface area contributed by atoms with E-state index in [1.807, 2.05) is 19.9 Å². The number of hydrogen-bond acceptors (Lipinski definition) is 3. The number of hydrogen-bond donors (Lipinski definition) is 1. The summed E-state index contributed by atoms with van der Waals surface area (Å²) < 4.78 is 5.75. The van der Waals surface area contributed by atoms with Crippen LogP contribution in [0.3, 0.4) is 0 Å². The van der Waals surface area contributed by atoms with Crippen LogP contribution in [0.4, 0.5) is 11.4 Å². The van der Waals surface area contributed by atoms with Crippen molar-refractivity contribution in [2.24, 2.45) is 11.8 Å². The molecule has 0 amide bonds. The molecule has 1 fully saturated rings. The predicted octanol–water partition coefficient (Wildman–Crippen LogP) is 3.15. The standard InChI is InChI=1S/C15H24N2O/c1-10(2)18-15-7-13(5-6-14(15)16)17-8-11(3)12(4)9-17/h5-7,10-12H,8-9,16H2,1-4H3. The average molecular weight is 248 g/mol. The summed E-state index contributed by atoms with van der Waals surface area (Å²) in [6.45, 7) is 10.9. The van der Waals surface area contributed by atoms with Crippen LogP contribution < -0.4 is 15.4 Å². The normalized spacial score (nSPS) is 23.7. The molecule has 1 aliphatic heterocycles. The van der Waals surface area contributed by atoms with Gasteiger partial charge in [0.1, 0.15) is 5.75 Å². The van der Waals surface area contributed by atoms with Crippen molar-refractivity contribution in [3.8, 4) is 5.75 Å². The van der Waals surface area contributed by atoms with Crippen molar-refractivity contribution in [2.75, 3.05) is 23.7 Å². The first-order valence-electron chi connectivity index (χ1n) is 6.78. The molecule has 1 heterocycles. The minimum Gasteiger partial charge on any atom is -0.489 e. The van der Waals surface area contributed by atoms with Crippen molar-refractivity contribution in [2.45, 2.75) is 33.8 Å². The van der Waals surface area contributed by atoms with Gasteiger partial charge in [-0.15, -0.1) is 0 Å². The smallest absolute Gasteiger partial charge is 0.144 e. The Hall–Kier alpha value is -1.38. The molecule has 0 aromatic heterocycles. The highest BCUT2D eigenvalue weighted by Gasteiger charge is 2.26. The third-order valence-electron chi connectivity index (χ3n) is 3.71. The van der Waals surface area contributed by atoms with Crippen LogP contribution in [0.2, 0.25) is 0 Å². The molecule has 2 rings (SSSR count). The van der Waals surface area contributed by atoms with Gasteiger partial charge in [0.25, 0.3) is 0 Å². The summed E-state index contributed by atoms with van der Waals surface area (Å²) in [7, 11) is 0. The van der Waals surface area contributed by atoms with Gasteiger partial charge in [-0.25, -0.2) is 0 Å². The van der Waals surface area contributed by atoms with Gasteiger partial charge in [-0.3, -0.25) is 0 Å². The van der Waals surface area contributed by atoms with Gasteiger partial charge in [-0.05, 0) is 37.8 Å². The third kappa shape index (κ3) is 2.71. The predicted molar refractivity (Wildman–Crippen MR) is 77.2 cm³/mol. The zero-order valence-corrected chi connectivity index (χ0v) is 11.8. The second-order valence-corrected chi connectivity index (χ2v) is 5.75. The maximum Gasteiger partial charge on any atom is 0.144 e. The lowest BCUT2D eigenvalue weighted by molar-refractivity contribution is 0.244. The Bertz CT molecular complexity index is 407. The van der Waals surface area contributed by atoms with E-state index in [0.717, 1.165) is 30.7 Å². The molecule has 0 spiro atoms. The third-order valence-corrected chi connectivity index (χ3v) is 3.71. The Morgan fingerprint density at radius 1 is 1.22 bits per heavy atom. The van der Waals surface area contributed by atoms with Gasteiger partial charge in [0.05, 0.1) is 11.8 Å². The summed E-state index contributed by atoms with van der Waals surface area (Å²) in [5.74, 6) is 2.30. The Balaban J connectivity index is 2.19. The number of nitrogens with zero attached hydrogens (tertiary/aromatic N) is 1. The van der Waals surface area contributed by atoms with Crippen molar-refractivity contribution < 1.29 is 4.74 Å². The molecule has 0 radical (unpaired) electrons. The summed E-state index contributed by atoms with van der Waals surface area (Å²) in [5, 5.41) is 0. The lowest BCUT2D eigenvalue weighted by Crippen LogP contribution is -2.19. The first-order valence-corrected chi connectivity index (χ1v) is 6.78. The lowest BCUT2D eigenvalue weighted by Gasteiger charge is -2.21. The van der Waals surface area contributed by atoms with Crippen LogP contribution in [0.1, 0.15) is 27.7 Å². The van der Waals surface area contributed by atoms with Crippen LogP contribution >= 0.6 is 0 Å². The van der Waals surface area contributed by atoms with Crippen LogP contribution in [-0.2, 0) is 0 Å². The van der Waals surface area contributed by atoms with Crippen LogP contribution in [0.5, 0.6) is 5.75 Å². The van der Waals surface area contributed by atoms with E-state index >= 15 is 0 Å². The number of rotatable bonds is 3. The summed E-state index contributed by atoms with van der Waals surface area (Å²) in [4.78, 5) is 2.42. The molecule has 3 nitrogen and oxygen atoms in total. The molecule has 0 bridgehead atoms. The van der Waals surface area contributed by atoms with Gasteiger partial charge < -0.3 is 15.4 Å². The van der Waals surface area contributed by atoms with E-state index < -0.39 is 0 Å².